The fraction of sp³-hybridized carbons (Fsp3) is 0.400. The molecule has 2 rings (SSSR count). The van der Waals surface area contributed by atoms with Crippen LogP contribution in [0.2, 0.25) is 0 Å². The van der Waals surface area contributed by atoms with Gasteiger partial charge < -0.3 is 10.6 Å². The smallest absolute Gasteiger partial charge is 0.305 e. The molecule has 0 aliphatic carbocycles. The van der Waals surface area contributed by atoms with E-state index in [1.165, 1.54) is 12.1 Å². The molecule has 0 amide bonds. The van der Waals surface area contributed by atoms with E-state index in [0.29, 0.717) is 5.82 Å². The van der Waals surface area contributed by atoms with Gasteiger partial charge in [0.1, 0.15) is 11.9 Å². The van der Waals surface area contributed by atoms with Crippen LogP contribution in [0.1, 0.15) is 12.1 Å². The second kappa shape index (κ2) is 4.76. The molecule has 1 unspecified atom stereocenters. The summed E-state index contributed by atoms with van der Waals surface area (Å²) in [6.07, 6.45) is 0.973. The molecule has 1 atom stereocenters. The van der Waals surface area contributed by atoms with Crippen LogP contribution in [0, 0.1) is 21.4 Å². The van der Waals surface area contributed by atoms with Crippen LogP contribution in [0.25, 0.3) is 0 Å². The van der Waals surface area contributed by atoms with Gasteiger partial charge in [-0.25, -0.2) is 4.98 Å². The predicted octanol–water partition coefficient (Wildman–Crippen LogP) is 0.635. The molecule has 1 fully saturated rings. The molecular formula is C10H11N5O2. The summed E-state index contributed by atoms with van der Waals surface area (Å²) in [7, 11) is 0. The molecule has 0 bridgehead atoms. The Hall–Kier alpha value is -2.20. The van der Waals surface area contributed by atoms with Crippen LogP contribution in [-0.4, -0.2) is 29.0 Å². The lowest BCUT2D eigenvalue weighted by Crippen LogP contribution is -2.22. The molecule has 0 spiro atoms. The highest BCUT2D eigenvalue weighted by Crippen LogP contribution is 2.19. The Morgan fingerprint density at radius 3 is 3.06 bits per heavy atom. The first-order valence-corrected chi connectivity index (χ1v) is 5.23. The summed E-state index contributed by atoms with van der Waals surface area (Å²) in [6.45, 7) is 1.77. The molecule has 1 aromatic rings. The van der Waals surface area contributed by atoms with Gasteiger partial charge in [0.05, 0.1) is 4.92 Å². The first kappa shape index (κ1) is 11.3. The fourth-order valence-corrected chi connectivity index (χ4v) is 1.75. The number of hydrogen-bond acceptors (Lipinski definition) is 6. The van der Waals surface area contributed by atoms with E-state index in [0.717, 1.165) is 19.5 Å². The molecule has 1 saturated heterocycles. The van der Waals surface area contributed by atoms with Crippen LogP contribution in [0.4, 0.5) is 11.5 Å². The fourth-order valence-electron chi connectivity index (χ4n) is 1.75. The normalized spacial score (nSPS) is 18.6. The number of rotatable bonds is 3. The van der Waals surface area contributed by atoms with Gasteiger partial charge in [-0.1, -0.05) is 0 Å². The standard InChI is InChI=1S/C10H11N5O2/c11-5-8-9(15(16)17)1-2-10(14-8)13-7-3-4-12-6-7/h1-2,7,12H,3-4,6H2,(H,13,14). The second-order valence-corrected chi connectivity index (χ2v) is 3.77. The summed E-state index contributed by atoms with van der Waals surface area (Å²) in [5, 5.41) is 25.7. The average molecular weight is 233 g/mol. The zero-order valence-electron chi connectivity index (χ0n) is 9.01. The van der Waals surface area contributed by atoms with Gasteiger partial charge in [-0.2, -0.15) is 5.26 Å². The minimum atomic E-state index is -0.605. The van der Waals surface area contributed by atoms with Crippen molar-refractivity contribution in [3.8, 4) is 6.07 Å². The molecule has 7 nitrogen and oxygen atoms in total. The van der Waals surface area contributed by atoms with E-state index >= 15 is 0 Å². The molecule has 17 heavy (non-hydrogen) atoms. The van der Waals surface area contributed by atoms with E-state index in [-0.39, 0.29) is 17.4 Å². The lowest BCUT2D eigenvalue weighted by molar-refractivity contribution is -0.385. The van der Waals surface area contributed by atoms with Gasteiger partial charge in [0.25, 0.3) is 0 Å². The predicted molar refractivity (Wildman–Crippen MR) is 60.5 cm³/mol. The third kappa shape index (κ3) is 2.49. The van der Waals surface area contributed by atoms with Crippen LogP contribution < -0.4 is 10.6 Å². The molecule has 1 aliphatic rings. The number of nitrogens with one attached hydrogen (secondary N) is 2. The van der Waals surface area contributed by atoms with Crippen molar-refractivity contribution in [3.05, 3.63) is 27.9 Å². The van der Waals surface area contributed by atoms with E-state index in [1.54, 1.807) is 6.07 Å². The maximum atomic E-state index is 10.6. The van der Waals surface area contributed by atoms with Crippen molar-refractivity contribution in [1.29, 1.82) is 5.26 Å². The van der Waals surface area contributed by atoms with Gasteiger partial charge in [0.15, 0.2) is 0 Å². The summed E-state index contributed by atoms with van der Waals surface area (Å²) in [5.41, 5.74) is -0.423. The third-order valence-corrected chi connectivity index (χ3v) is 2.59. The Morgan fingerprint density at radius 2 is 2.47 bits per heavy atom. The molecule has 2 heterocycles. The maximum Gasteiger partial charge on any atom is 0.305 e. The van der Waals surface area contributed by atoms with Gasteiger partial charge in [-0.05, 0) is 19.0 Å². The van der Waals surface area contributed by atoms with Gasteiger partial charge in [-0.15, -0.1) is 0 Å². The Labute approximate surface area is 97.6 Å². The van der Waals surface area contributed by atoms with Crippen LogP contribution in [0.15, 0.2) is 12.1 Å². The third-order valence-electron chi connectivity index (χ3n) is 2.59. The number of nitriles is 1. The highest BCUT2D eigenvalue weighted by Gasteiger charge is 2.18. The zero-order chi connectivity index (χ0) is 12.3. The Bertz CT molecular complexity index is 476. The molecule has 88 valence electrons. The summed E-state index contributed by atoms with van der Waals surface area (Å²) in [6, 6.07) is 4.82. The number of nitrogens with zero attached hydrogens (tertiary/aromatic N) is 3. The average Bonchev–Trinajstić information content (AvgIpc) is 2.81. The summed E-state index contributed by atoms with van der Waals surface area (Å²) in [4.78, 5) is 14.0. The minimum absolute atomic E-state index is 0.161. The van der Waals surface area contributed by atoms with Gasteiger partial charge in [0.2, 0.25) is 5.69 Å². The summed E-state index contributed by atoms with van der Waals surface area (Å²) in [5.74, 6) is 0.501. The number of nitro groups is 1. The minimum Gasteiger partial charge on any atom is -0.366 e. The van der Waals surface area contributed by atoms with Crippen LogP contribution in [0.3, 0.4) is 0 Å². The lowest BCUT2D eigenvalue weighted by atomic mass is 10.2. The quantitative estimate of drug-likeness (QED) is 0.586. The second-order valence-electron chi connectivity index (χ2n) is 3.77. The molecule has 1 aliphatic heterocycles. The Balaban J connectivity index is 2.19. The van der Waals surface area contributed by atoms with Gasteiger partial charge in [0, 0.05) is 18.7 Å². The molecule has 0 aromatic carbocycles. The Kier molecular flexibility index (Phi) is 3.16. The summed E-state index contributed by atoms with van der Waals surface area (Å²) >= 11 is 0. The lowest BCUT2D eigenvalue weighted by Gasteiger charge is -2.11. The topological polar surface area (TPSA) is 104 Å². The van der Waals surface area contributed by atoms with Crippen LogP contribution >= 0.6 is 0 Å². The number of pyridine rings is 1. The van der Waals surface area contributed by atoms with Crippen molar-refractivity contribution in [3.63, 3.8) is 0 Å². The zero-order valence-corrected chi connectivity index (χ0v) is 9.01. The first-order chi connectivity index (χ1) is 8.20. The highest BCUT2D eigenvalue weighted by molar-refractivity contribution is 5.50. The van der Waals surface area contributed by atoms with Crippen molar-refractivity contribution < 1.29 is 4.92 Å². The largest absolute Gasteiger partial charge is 0.366 e. The van der Waals surface area contributed by atoms with Crippen molar-refractivity contribution in [2.45, 2.75) is 12.5 Å². The number of aromatic nitrogens is 1. The van der Waals surface area contributed by atoms with Gasteiger partial charge in [-0.3, -0.25) is 10.1 Å². The van der Waals surface area contributed by atoms with Crippen molar-refractivity contribution >= 4 is 11.5 Å². The maximum absolute atomic E-state index is 10.6. The monoisotopic (exact) mass is 233 g/mol. The van der Waals surface area contributed by atoms with E-state index < -0.39 is 4.92 Å². The molecule has 0 saturated carbocycles. The SMILES string of the molecule is N#Cc1nc(NC2CCNC2)ccc1[N+](=O)[O-]. The van der Waals surface area contributed by atoms with Crippen LogP contribution in [0.5, 0.6) is 0 Å². The molecular weight excluding hydrogens is 222 g/mol. The van der Waals surface area contributed by atoms with Gasteiger partial charge >= 0.3 is 5.69 Å². The van der Waals surface area contributed by atoms with Crippen LogP contribution in [-0.2, 0) is 0 Å². The Morgan fingerprint density at radius 1 is 1.65 bits per heavy atom. The van der Waals surface area contributed by atoms with E-state index in [2.05, 4.69) is 15.6 Å². The molecule has 0 radical (unpaired) electrons. The highest BCUT2D eigenvalue weighted by atomic mass is 16.6. The van der Waals surface area contributed by atoms with Crippen molar-refractivity contribution in [2.24, 2.45) is 0 Å². The van der Waals surface area contributed by atoms with E-state index in [1.807, 2.05) is 0 Å². The van der Waals surface area contributed by atoms with E-state index in [9.17, 15) is 10.1 Å². The first-order valence-electron chi connectivity index (χ1n) is 5.23. The molecule has 1 aromatic heterocycles. The molecule has 2 N–H and O–H groups in total. The van der Waals surface area contributed by atoms with Crippen molar-refractivity contribution in [1.82, 2.24) is 10.3 Å². The van der Waals surface area contributed by atoms with E-state index in [4.69, 9.17) is 5.26 Å². The molecule has 7 heteroatoms. The summed E-state index contributed by atoms with van der Waals surface area (Å²) < 4.78 is 0. The van der Waals surface area contributed by atoms with Crippen molar-refractivity contribution in [2.75, 3.05) is 18.4 Å². The number of hydrogen-bond donors (Lipinski definition) is 2. The number of anilines is 1.